The topological polar surface area (TPSA) is 52.5 Å². The highest BCUT2D eigenvalue weighted by atomic mass is 15.0. The van der Waals surface area contributed by atoms with Gasteiger partial charge in [-0.15, -0.1) is 6.42 Å². The van der Waals surface area contributed by atoms with Crippen LogP contribution in [0.15, 0.2) is 6.20 Å². The van der Waals surface area contributed by atoms with Gasteiger partial charge in [-0.1, -0.05) is 5.92 Å². The average Bonchev–Trinajstić information content (AvgIpc) is 2.48. The third-order valence-corrected chi connectivity index (χ3v) is 1.31. The van der Waals surface area contributed by atoms with Crippen molar-refractivity contribution < 1.29 is 0 Å². The van der Waals surface area contributed by atoms with Gasteiger partial charge >= 0.3 is 0 Å². The van der Waals surface area contributed by atoms with Crippen LogP contribution in [0.25, 0.3) is 0 Å². The molecule has 0 spiro atoms. The molecule has 0 aliphatic heterocycles. The summed E-state index contributed by atoms with van der Waals surface area (Å²) < 4.78 is 1.51. The van der Waals surface area contributed by atoms with Crippen molar-refractivity contribution in [1.29, 1.82) is 10.5 Å². The second-order valence-corrected chi connectivity index (χ2v) is 2.07. The first-order chi connectivity index (χ1) is 5.81. The Morgan fingerprint density at radius 1 is 1.50 bits per heavy atom. The van der Waals surface area contributed by atoms with E-state index in [1.807, 2.05) is 12.1 Å². The number of hydrogen-bond acceptors (Lipinski definition) is 2. The van der Waals surface area contributed by atoms with E-state index >= 15 is 0 Å². The SMILES string of the molecule is C#CCn1cc(C#N)[c]c1C#N. The van der Waals surface area contributed by atoms with E-state index in [0.717, 1.165) is 0 Å². The predicted molar refractivity (Wildman–Crippen MR) is 41.5 cm³/mol. The van der Waals surface area contributed by atoms with Crippen LogP contribution in [-0.2, 0) is 6.54 Å². The van der Waals surface area contributed by atoms with Gasteiger partial charge in [-0.05, 0) is 0 Å². The van der Waals surface area contributed by atoms with Crippen LogP contribution < -0.4 is 0 Å². The monoisotopic (exact) mass is 154 g/mol. The minimum Gasteiger partial charge on any atom is -0.326 e. The molecule has 0 fully saturated rings. The van der Waals surface area contributed by atoms with Gasteiger partial charge in [0.15, 0.2) is 0 Å². The number of rotatable bonds is 1. The van der Waals surface area contributed by atoms with Gasteiger partial charge in [0.25, 0.3) is 0 Å². The standard InChI is InChI=1S/C9H4N3/c1-2-3-12-7-8(5-10)4-9(12)6-11/h1,7H,3H2. The Hall–Kier alpha value is -2.18. The number of aromatic nitrogens is 1. The quantitative estimate of drug-likeness (QED) is 0.558. The normalized spacial score (nSPS) is 8.08. The summed E-state index contributed by atoms with van der Waals surface area (Å²) >= 11 is 0. The molecule has 1 aromatic heterocycles. The smallest absolute Gasteiger partial charge is 0.130 e. The molecule has 1 rings (SSSR count). The summed E-state index contributed by atoms with van der Waals surface area (Å²) in [6.07, 6.45) is 6.57. The van der Waals surface area contributed by atoms with Crippen molar-refractivity contribution in [3.05, 3.63) is 23.5 Å². The summed E-state index contributed by atoms with van der Waals surface area (Å²) in [6.45, 7) is 0.293. The van der Waals surface area contributed by atoms with Crippen molar-refractivity contribution in [2.24, 2.45) is 0 Å². The molecule has 1 radical (unpaired) electrons. The highest BCUT2D eigenvalue weighted by Crippen LogP contribution is 2.04. The number of nitriles is 2. The van der Waals surface area contributed by atoms with Crippen LogP contribution in [0.2, 0.25) is 0 Å². The van der Waals surface area contributed by atoms with Crippen molar-refractivity contribution in [3.63, 3.8) is 0 Å². The number of terminal acetylenes is 1. The van der Waals surface area contributed by atoms with Gasteiger partial charge in [0.1, 0.15) is 17.8 Å². The van der Waals surface area contributed by atoms with Crippen LogP contribution >= 0.6 is 0 Å². The Bertz CT molecular complexity index is 406. The van der Waals surface area contributed by atoms with E-state index in [4.69, 9.17) is 16.9 Å². The van der Waals surface area contributed by atoms with Gasteiger partial charge in [-0.2, -0.15) is 10.5 Å². The van der Waals surface area contributed by atoms with Crippen molar-refractivity contribution in [2.75, 3.05) is 0 Å². The molecule has 3 heteroatoms. The second kappa shape index (κ2) is 3.28. The number of nitrogens with zero attached hydrogens (tertiary/aromatic N) is 3. The van der Waals surface area contributed by atoms with E-state index in [9.17, 15) is 0 Å². The zero-order chi connectivity index (χ0) is 8.97. The van der Waals surface area contributed by atoms with Crippen molar-refractivity contribution in [3.8, 4) is 24.5 Å². The molecule has 0 amide bonds. The van der Waals surface area contributed by atoms with Gasteiger partial charge < -0.3 is 4.57 Å². The third kappa shape index (κ3) is 1.29. The van der Waals surface area contributed by atoms with Gasteiger partial charge in [0, 0.05) is 12.3 Å². The lowest BCUT2D eigenvalue weighted by atomic mass is 10.3. The Kier molecular flexibility index (Phi) is 2.17. The number of hydrogen-bond donors (Lipinski definition) is 0. The summed E-state index contributed by atoms with van der Waals surface area (Å²) in [5.41, 5.74) is 0.631. The highest BCUT2D eigenvalue weighted by molar-refractivity contribution is 5.34. The van der Waals surface area contributed by atoms with Gasteiger partial charge in [0.2, 0.25) is 0 Å². The first-order valence-electron chi connectivity index (χ1n) is 3.18. The van der Waals surface area contributed by atoms with Gasteiger partial charge in [0.05, 0.1) is 12.1 Å². The molecule has 0 unspecified atom stereocenters. The Morgan fingerprint density at radius 2 is 2.25 bits per heavy atom. The minimum atomic E-state index is 0.293. The summed E-state index contributed by atoms with van der Waals surface area (Å²) in [6, 6.07) is 6.39. The molecule has 0 aliphatic rings. The van der Waals surface area contributed by atoms with Crippen LogP contribution in [0.5, 0.6) is 0 Å². The molecule has 55 valence electrons. The molecule has 0 saturated heterocycles. The van der Waals surface area contributed by atoms with E-state index in [1.54, 1.807) is 0 Å². The molecule has 3 nitrogen and oxygen atoms in total. The molecule has 12 heavy (non-hydrogen) atoms. The summed E-state index contributed by atoms with van der Waals surface area (Å²) in [4.78, 5) is 0. The van der Waals surface area contributed by atoms with Crippen LogP contribution in [0.1, 0.15) is 11.3 Å². The van der Waals surface area contributed by atoms with E-state index in [-0.39, 0.29) is 0 Å². The van der Waals surface area contributed by atoms with Crippen LogP contribution in [0.3, 0.4) is 0 Å². The zero-order valence-corrected chi connectivity index (χ0v) is 6.20. The Labute approximate surface area is 70.5 Å². The van der Waals surface area contributed by atoms with E-state index < -0.39 is 0 Å². The highest BCUT2D eigenvalue weighted by Gasteiger charge is 2.03. The Balaban J connectivity index is 3.14. The van der Waals surface area contributed by atoms with Gasteiger partial charge in [-0.3, -0.25) is 0 Å². The summed E-state index contributed by atoms with van der Waals surface area (Å²) in [5.74, 6) is 2.38. The molecular formula is C9H4N3. The lowest BCUT2D eigenvalue weighted by Gasteiger charge is -1.94. The van der Waals surface area contributed by atoms with Crippen molar-refractivity contribution in [1.82, 2.24) is 4.57 Å². The fourth-order valence-electron chi connectivity index (χ4n) is 0.824. The average molecular weight is 154 g/mol. The zero-order valence-electron chi connectivity index (χ0n) is 6.20. The predicted octanol–water partition coefficient (Wildman–Crippen LogP) is 0.665. The Morgan fingerprint density at radius 3 is 2.75 bits per heavy atom. The molecule has 0 atom stereocenters. The molecule has 0 N–H and O–H groups in total. The maximum absolute atomic E-state index is 8.57. The molecule has 0 aliphatic carbocycles. The molecule has 1 heterocycles. The molecule has 1 aromatic rings. The van der Waals surface area contributed by atoms with E-state index in [0.29, 0.717) is 17.8 Å². The molecule has 0 bridgehead atoms. The lowest BCUT2D eigenvalue weighted by molar-refractivity contribution is 0.835. The lowest BCUT2D eigenvalue weighted by Crippen LogP contribution is -1.95. The fraction of sp³-hybridized carbons (Fsp3) is 0.111. The van der Waals surface area contributed by atoms with Crippen molar-refractivity contribution >= 4 is 0 Å². The van der Waals surface area contributed by atoms with Crippen LogP contribution in [-0.4, -0.2) is 4.57 Å². The summed E-state index contributed by atoms with van der Waals surface area (Å²) in [5, 5.41) is 17.1. The van der Waals surface area contributed by atoms with Crippen molar-refractivity contribution in [2.45, 2.75) is 6.54 Å². The molecule has 0 aromatic carbocycles. The van der Waals surface area contributed by atoms with Crippen LogP contribution in [0.4, 0.5) is 0 Å². The first kappa shape index (κ1) is 7.92. The third-order valence-electron chi connectivity index (χ3n) is 1.31. The minimum absolute atomic E-state index is 0.293. The van der Waals surface area contributed by atoms with E-state index in [1.165, 1.54) is 10.8 Å². The molecular weight excluding hydrogens is 150 g/mol. The largest absolute Gasteiger partial charge is 0.326 e. The maximum atomic E-state index is 8.57. The maximum Gasteiger partial charge on any atom is 0.130 e. The fourth-order valence-corrected chi connectivity index (χ4v) is 0.824. The molecule has 0 saturated carbocycles. The van der Waals surface area contributed by atoms with Gasteiger partial charge in [-0.25, -0.2) is 0 Å². The summed E-state index contributed by atoms with van der Waals surface area (Å²) in [7, 11) is 0. The van der Waals surface area contributed by atoms with E-state index in [2.05, 4.69) is 12.0 Å². The second-order valence-electron chi connectivity index (χ2n) is 2.07. The van der Waals surface area contributed by atoms with Crippen LogP contribution in [0, 0.1) is 41.1 Å². The first-order valence-corrected chi connectivity index (χ1v) is 3.18.